The van der Waals surface area contributed by atoms with E-state index in [4.69, 9.17) is 0 Å². The lowest BCUT2D eigenvalue weighted by Crippen LogP contribution is -2.52. The molecule has 1 aromatic carbocycles. The first-order chi connectivity index (χ1) is 10.4. The Hall–Kier alpha value is -2.30. The van der Waals surface area contributed by atoms with Crippen molar-refractivity contribution in [2.45, 2.75) is 45.7 Å². The first kappa shape index (κ1) is 16.1. The van der Waals surface area contributed by atoms with Crippen LogP contribution in [0.5, 0.6) is 0 Å². The van der Waals surface area contributed by atoms with E-state index in [0.29, 0.717) is 18.4 Å². The fourth-order valence-electron chi connectivity index (χ4n) is 2.73. The fraction of sp³-hybridized carbons (Fsp3) is 0.412. The van der Waals surface area contributed by atoms with E-state index in [2.05, 4.69) is 5.32 Å². The molecule has 1 amide bonds. The number of aliphatic carboxylic acids is 1. The Morgan fingerprint density at radius 3 is 2.55 bits per heavy atom. The molecule has 0 bridgehead atoms. The summed E-state index contributed by atoms with van der Waals surface area (Å²) in [6.07, 6.45) is 2.86. The summed E-state index contributed by atoms with van der Waals surface area (Å²) < 4.78 is 1.99. The van der Waals surface area contributed by atoms with Crippen molar-refractivity contribution in [3.63, 3.8) is 0 Å². The van der Waals surface area contributed by atoms with Crippen molar-refractivity contribution in [3.8, 4) is 0 Å². The van der Waals surface area contributed by atoms with Gasteiger partial charge in [0.2, 0.25) is 0 Å². The van der Waals surface area contributed by atoms with Gasteiger partial charge in [-0.05, 0) is 26.3 Å². The van der Waals surface area contributed by atoms with E-state index in [-0.39, 0.29) is 5.91 Å². The Labute approximate surface area is 129 Å². The number of carboxylic acids is 1. The standard InChI is InChI=1S/C17H22N2O3/c1-4-10-17(3,16(21)22)18-15(20)13-11-19(5-2)14-9-7-6-8-12(13)14/h6-9,11H,4-5,10H2,1-3H3,(H,18,20)(H,21,22). The minimum Gasteiger partial charge on any atom is -0.480 e. The zero-order valence-corrected chi connectivity index (χ0v) is 13.2. The Morgan fingerprint density at radius 2 is 1.95 bits per heavy atom. The molecule has 1 aromatic heterocycles. The van der Waals surface area contributed by atoms with Crippen LogP contribution in [0.25, 0.3) is 10.9 Å². The molecule has 0 aliphatic rings. The van der Waals surface area contributed by atoms with Crippen molar-refractivity contribution in [1.82, 2.24) is 9.88 Å². The molecule has 2 N–H and O–H groups in total. The zero-order chi connectivity index (χ0) is 16.3. The van der Waals surface area contributed by atoms with Crippen molar-refractivity contribution in [2.75, 3.05) is 0 Å². The summed E-state index contributed by atoms with van der Waals surface area (Å²) in [4.78, 5) is 24.1. The Bertz CT molecular complexity index is 705. The highest BCUT2D eigenvalue weighted by molar-refractivity contribution is 6.08. The van der Waals surface area contributed by atoms with Gasteiger partial charge in [-0.15, -0.1) is 0 Å². The molecule has 2 rings (SSSR count). The molecule has 2 aromatic rings. The Kier molecular flexibility index (Phi) is 4.54. The van der Waals surface area contributed by atoms with E-state index < -0.39 is 11.5 Å². The van der Waals surface area contributed by atoms with E-state index in [9.17, 15) is 14.7 Å². The van der Waals surface area contributed by atoms with Crippen LogP contribution in [0.3, 0.4) is 0 Å². The second-order valence-corrected chi connectivity index (χ2v) is 5.69. The zero-order valence-electron chi connectivity index (χ0n) is 13.2. The van der Waals surface area contributed by atoms with Gasteiger partial charge in [0.1, 0.15) is 5.54 Å². The number of carboxylic acid groups (broad SMARTS) is 1. The lowest BCUT2D eigenvalue weighted by Gasteiger charge is -2.25. The molecule has 0 fully saturated rings. The van der Waals surface area contributed by atoms with E-state index in [1.807, 2.05) is 42.7 Å². The molecular formula is C17H22N2O3. The number of benzene rings is 1. The van der Waals surface area contributed by atoms with Gasteiger partial charge in [0, 0.05) is 23.6 Å². The van der Waals surface area contributed by atoms with E-state index in [1.165, 1.54) is 0 Å². The van der Waals surface area contributed by atoms with Gasteiger partial charge in [-0.25, -0.2) is 4.79 Å². The first-order valence-corrected chi connectivity index (χ1v) is 7.56. The number of hydrogen-bond acceptors (Lipinski definition) is 2. The number of rotatable bonds is 6. The molecule has 1 atom stereocenters. The second-order valence-electron chi connectivity index (χ2n) is 5.69. The number of aromatic nitrogens is 1. The van der Waals surface area contributed by atoms with Gasteiger partial charge in [-0.2, -0.15) is 0 Å². The highest BCUT2D eigenvalue weighted by atomic mass is 16.4. The van der Waals surface area contributed by atoms with Gasteiger partial charge in [-0.1, -0.05) is 31.5 Å². The molecule has 118 valence electrons. The van der Waals surface area contributed by atoms with Gasteiger partial charge in [-0.3, -0.25) is 4.79 Å². The number of carbonyl (C=O) groups excluding carboxylic acids is 1. The highest BCUT2D eigenvalue weighted by Gasteiger charge is 2.34. The van der Waals surface area contributed by atoms with Gasteiger partial charge in [0.25, 0.3) is 5.91 Å². The average molecular weight is 302 g/mol. The molecule has 22 heavy (non-hydrogen) atoms. The van der Waals surface area contributed by atoms with Crippen LogP contribution in [0, 0.1) is 0 Å². The number of nitrogens with one attached hydrogen (secondary N) is 1. The summed E-state index contributed by atoms with van der Waals surface area (Å²) >= 11 is 0. The summed E-state index contributed by atoms with van der Waals surface area (Å²) in [7, 11) is 0. The minimum absolute atomic E-state index is 0.346. The third-order valence-electron chi connectivity index (χ3n) is 3.99. The molecule has 0 saturated carbocycles. The summed E-state index contributed by atoms with van der Waals surface area (Å²) in [6, 6.07) is 7.64. The highest BCUT2D eigenvalue weighted by Crippen LogP contribution is 2.22. The van der Waals surface area contributed by atoms with Crippen molar-refractivity contribution >= 4 is 22.8 Å². The van der Waals surface area contributed by atoms with E-state index in [0.717, 1.165) is 17.4 Å². The van der Waals surface area contributed by atoms with Crippen LogP contribution in [0.2, 0.25) is 0 Å². The number of nitrogens with zero attached hydrogens (tertiary/aromatic N) is 1. The fourth-order valence-corrected chi connectivity index (χ4v) is 2.73. The maximum Gasteiger partial charge on any atom is 0.329 e. The van der Waals surface area contributed by atoms with E-state index >= 15 is 0 Å². The summed E-state index contributed by atoms with van der Waals surface area (Å²) in [5.41, 5.74) is 0.241. The van der Waals surface area contributed by atoms with Crippen molar-refractivity contribution < 1.29 is 14.7 Å². The summed E-state index contributed by atoms with van der Waals surface area (Å²) in [5.74, 6) is -1.36. The predicted molar refractivity (Wildman–Crippen MR) is 86.0 cm³/mol. The van der Waals surface area contributed by atoms with Gasteiger partial charge in [0.15, 0.2) is 0 Å². The number of amides is 1. The SMILES string of the molecule is CCCC(C)(NC(=O)c1cn(CC)c2ccccc12)C(=O)O. The predicted octanol–water partition coefficient (Wildman–Crippen LogP) is 3.03. The number of carbonyl (C=O) groups is 2. The molecule has 0 aliphatic carbocycles. The van der Waals surface area contributed by atoms with Crippen LogP contribution in [-0.4, -0.2) is 27.1 Å². The maximum atomic E-state index is 12.6. The van der Waals surface area contributed by atoms with Crippen LogP contribution in [0.4, 0.5) is 0 Å². The molecular weight excluding hydrogens is 280 g/mol. The van der Waals surface area contributed by atoms with Crippen LogP contribution >= 0.6 is 0 Å². The van der Waals surface area contributed by atoms with Gasteiger partial charge < -0.3 is 15.0 Å². The molecule has 5 nitrogen and oxygen atoms in total. The topological polar surface area (TPSA) is 71.3 Å². The first-order valence-electron chi connectivity index (χ1n) is 7.56. The summed E-state index contributed by atoms with van der Waals surface area (Å²) in [5, 5.41) is 12.9. The molecule has 0 spiro atoms. The summed E-state index contributed by atoms with van der Waals surface area (Å²) in [6.45, 7) is 6.21. The molecule has 0 aliphatic heterocycles. The number of hydrogen-bond donors (Lipinski definition) is 2. The molecule has 1 unspecified atom stereocenters. The second kappa shape index (κ2) is 6.22. The normalized spacial score (nSPS) is 13.8. The molecule has 5 heteroatoms. The van der Waals surface area contributed by atoms with Crippen LogP contribution in [0.15, 0.2) is 30.5 Å². The minimum atomic E-state index is -1.25. The third-order valence-corrected chi connectivity index (χ3v) is 3.99. The van der Waals surface area contributed by atoms with Crippen LogP contribution in [-0.2, 0) is 11.3 Å². The number of aryl methyl sites for hydroxylation is 1. The van der Waals surface area contributed by atoms with Crippen molar-refractivity contribution in [1.29, 1.82) is 0 Å². The van der Waals surface area contributed by atoms with E-state index in [1.54, 1.807) is 13.1 Å². The Balaban J connectivity index is 2.40. The van der Waals surface area contributed by atoms with Crippen LogP contribution < -0.4 is 5.32 Å². The smallest absolute Gasteiger partial charge is 0.329 e. The van der Waals surface area contributed by atoms with Gasteiger partial charge >= 0.3 is 5.97 Å². The van der Waals surface area contributed by atoms with Crippen molar-refractivity contribution in [2.24, 2.45) is 0 Å². The monoisotopic (exact) mass is 302 g/mol. The Morgan fingerprint density at radius 1 is 1.27 bits per heavy atom. The largest absolute Gasteiger partial charge is 0.480 e. The third kappa shape index (κ3) is 2.84. The van der Waals surface area contributed by atoms with Crippen LogP contribution in [0.1, 0.15) is 44.0 Å². The lowest BCUT2D eigenvalue weighted by molar-refractivity contribution is -0.144. The number of para-hydroxylation sites is 1. The van der Waals surface area contributed by atoms with Gasteiger partial charge in [0.05, 0.1) is 5.56 Å². The lowest BCUT2D eigenvalue weighted by atomic mass is 9.95. The maximum absolute atomic E-state index is 12.6. The molecule has 0 radical (unpaired) electrons. The number of fused-ring (bicyclic) bond motifs is 1. The quantitative estimate of drug-likeness (QED) is 0.861. The molecule has 1 heterocycles. The van der Waals surface area contributed by atoms with Crippen molar-refractivity contribution in [3.05, 3.63) is 36.0 Å². The molecule has 0 saturated heterocycles. The average Bonchev–Trinajstić information content (AvgIpc) is 2.86.